The second kappa shape index (κ2) is 12.4. The van der Waals surface area contributed by atoms with Crippen molar-refractivity contribution in [2.75, 3.05) is 14.2 Å². The van der Waals surface area contributed by atoms with Crippen LogP contribution in [0.25, 0.3) is 27.4 Å². The van der Waals surface area contributed by atoms with Crippen molar-refractivity contribution >= 4 is 27.5 Å². The molecule has 3 N–H and O–H groups in total. The van der Waals surface area contributed by atoms with E-state index in [9.17, 15) is 27.9 Å². The van der Waals surface area contributed by atoms with Gasteiger partial charge in [0.1, 0.15) is 11.3 Å². The number of carbonyl (C=O) groups excluding carboxylic acids is 1. The normalized spacial score (nSPS) is 10.4. The molecule has 0 aliphatic heterocycles. The third-order valence-electron chi connectivity index (χ3n) is 4.54. The molecule has 0 aliphatic carbocycles. The van der Waals surface area contributed by atoms with E-state index in [0.29, 0.717) is 10.8 Å². The number of aromatic hydroxyl groups is 1. The Hall–Kier alpha value is -2.11. The SMILES string of the molecule is CO.CO.O=C(c1c(O)c2c3ccccc3ccc2n(-c2ccccc2)c1=O)C(F)(F)F.[Eu]. The van der Waals surface area contributed by atoms with Gasteiger partial charge in [0, 0.05) is 74.7 Å². The molecule has 3 aromatic carbocycles. The molecule has 175 valence electrons. The van der Waals surface area contributed by atoms with Gasteiger partial charge in [0.2, 0.25) is 0 Å². The first kappa shape index (κ1) is 28.9. The van der Waals surface area contributed by atoms with Gasteiger partial charge in [-0.25, -0.2) is 0 Å². The third kappa shape index (κ3) is 5.70. The summed E-state index contributed by atoms with van der Waals surface area (Å²) in [5, 5.41) is 25.7. The minimum absolute atomic E-state index is 0. The summed E-state index contributed by atoms with van der Waals surface area (Å²) in [5.41, 5.74) is -2.04. The molecule has 0 fully saturated rings. The molecule has 0 amide bonds. The Balaban J connectivity index is 0.00000103. The second-order valence-electron chi connectivity index (χ2n) is 6.21. The van der Waals surface area contributed by atoms with Crippen molar-refractivity contribution in [2.45, 2.75) is 6.18 Å². The molecule has 1 radical (unpaired) electrons. The summed E-state index contributed by atoms with van der Waals surface area (Å²) >= 11 is 0. The number of para-hydroxylation sites is 1. The van der Waals surface area contributed by atoms with Crippen molar-refractivity contribution in [3.8, 4) is 11.4 Å². The van der Waals surface area contributed by atoms with E-state index in [4.69, 9.17) is 10.2 Å². The zero-order valence-corrected chi connectivity index (χ0v) is 19.9. The standard InChI is InChI=1S/C21H12F3NO3.2CH4O.Eu/c22-21(23,24)19(27)17-18(26)16-14-9-5-4-6-12(14)10-11-15(16)25(20(17)28)13-7-2-1-3-8-13;2*1-2;/h1-11,26H;2*2H,1H3;. The van der Waals surface area contributed by atoms with Gasteiger partial charge in [-0.3, -0.25) is 14.2 Å². The summed E-state index contributed by atoms with van der Waals surface area (Å²) in [7, 11) is 2.00. The Labute approximate surface area is 227 Å². The number of aliphatic hydroxyl groups excluding tert-OH is 2. The van der Waals surface area contributed by atoms with E-state index >= 15 is 0 Å². The Morgan fingerprint density at radius 3 is 1.97 bits per heavy atom. The molecule has 10 heteroatoms. The van der Waals surface area contributed by atoms with Crippen molar-refractivity contribution in [3.63, 3.8) is 0 Å². The summed E-state index contributed by atoms with van der Waals surface area (Å²) in [6.45, 7) is 0. The molecule has 0 bridgehead atoms. The first-order chi connectivity index (χ1) is 15.3. The van der Waals surface area contributed by atoms with Crippen LogP contribution < -0.4 is 5.56 Å². The van der Waals surface area contributed by atoms with Gasteiger partial charge in [-0.1, -0.05) is 48.5 Å². The van der Waals surface area contributed by atoms with Gasteiger partial charge < -0.3 is 15.3 Å². The van der Waals surface area contributed by atoms with Crippen LogP contribution in [0.5, 0.6) is 5.75 Å². The molecule has 0 saturated carbocycles. The molecular formula is C23H20EuF3NO5. The summed E-state index contributed by atoms with van der Waals surface area (Å²) < 4.78 is 40.4. The maximum atomic E-state index is 13.1. The molecule has 4 rings (SSSR count). The van der Waals surface area contributed by atoms with Crippen LogP contribution in [0, 0.1) is 49.4 Å². The Morgan fingerprint density at radius 2 is 1.39 bits per heavy atom. The zero-order chi connectivity index (χ0) is 24.1. The summed E-state index contributed by atoms with van der Waals surface area (Å²) in [6, 6.07) is 18.0. The number of pyridine rings is 1. The molecule has 4 aromatic rings. The van der Waals surface area contributed by atoms with Crippen LogP contribution in [0.2, 0.25) is 0 Å². The molecule has 0 spiro atoms. The molecule has 0 atom stereocenters. The van der Waals surface area contributed by atoms with Crippen molar-refractivity contribution in [1.29, 1.82) is 0 Å². The third-order valence-corrected chi connectivity index (χ3v) is 4.54. The van der Waals surface area contributed by atoms with Crippen molar-refractivity contribution in [1.82, 2.24) is 4.57 Å². The molecule has 0 unspecified atom stereocenters. The van der Waals surface area contributed by atoms with Crippen LogP contribution in [-0.4, -0.2) is 46.1 Å². The van der Waals surface area contributed by atoms with Crippen molar-refractivity contribution in [2.24, 2.45) is 0 Å². The zero-order valence-electron chi connectivity index (χ0n) is 17.5. The largest absolute Gasteiger partial charge is 0.506 e. The maximum absolute atomic E-state index is 13.1. The molecule has 6 nitrogen and oxygen atoms in total. The van der Waals surface area contributed by atoms with Crippen molar-refractivity contribution < 1.29 is 82.7 Å². The molecular weight excluding hydrogens is 579 g/mol. The van der Waals surface area contributed by atoms with Crippen LogP contribution in [0.3, 0.4) is 0 Å². The average Bonchev–Trinajstić information content (AvgIpc) is 2.81. The van der Waals surface area contributed by atoms with E-state index in [2.05, 4.69) is 0 Å². The minimum atomic E-state index is -5.30. The molecule has 0 saturated heterocycles. The number of hydrogen-bond donors (Lipinski definition) is 3. The number of rotatable bonds is 2. The van der Waals surface area contributed by atoms with Crippen LogP contribution in [0.1, 0.15) is 10.4 Å². The van der Waals surface area contributed by atoms with Gasteiger partial charge in [0.15, 0.2) is 0 Å². The smallest absolute Gasteiger partial charge is 0.455 e. The summed E-state index contributed by atoms with van der Waals surface area (Å²) in [6.07, 6.45) is -5.30. The van der Waals surface area contributed by atoms with Crippen LogP contribution in [0.4, 0.5) is 13.2 Å². The number of nitrogens with zero attached hydrogens (tertiary/aromatic N) is 1. The molecule has 33 heavy (non-hydrogen) atoms. The number of fused-ring (bicyclic) bond motifs is 3. The number of benzene rings is 3. The van der Waals surface area contributed by atoms with E-state index in [0.717, 1.165) is 18.8 Å². The van der Waals surface area contributed by atoms with Crippen molar-refractivity contribution in [3.05, 3.63) is 82.6 Å². The Morgan fingerprint density at radius 1 is 0.848 bits per heavy atom. The molecule has 0 aliphatic rings. The topological polar surface area (TPSA) is 99.8 Å². The van der Waals surface area contributed by atoms with Crippen LogP contribution in [0.15, 0.2) is 71.5 Å². The fraction of sp³-hybridized carbons (Fsp3) is 0.130. The second-order valence-corrected chi connectivity index (χ2v) is 6.21. The number of hydrogen-bond acceptors (Lipinski definition) is 5. The fourth-order valence-electron chi connectivity index (χ4n) is 3.32. The summed E-state index contributed by atoms with van der Waals surface area (Å²) in [5.74, 6) is -3.35. The first-order valence-corrected chi connectivity index (χ1v) is 9.16. The monoisotopic (exact) mass is 600 g/mol. The van der Waals surface area contributed by atoms with E-state index in [1.54, 1.807) is 48.5 Å². The number of ketones is 1. The van der Waals surface area contributed by atoms with E-state index in [-0.39, 0.29) is 66.0 Å². The van der Waals surface area contributed by atoms with E-state index in [1.165, 1.54) is 18.2 Å². The Kier molecular flexibility index (Phi) is 10.9. The molecule has 1 aromatic heterocycles. The number of carbonyl (C=O) groups is 1. The van der Waals surface area contributed by atoms with Gasteiger partial charge in [0.25, 0.3) is 11.3 Å². The van der Waals surface area contributed by atoms with Gasteiger partial charge in [-0.2, -0.15) is 13.2 Å². The number of aromatic nitrogens is 1. The minimum Gasteiger partial charge on any atom is -0.506 e. The van der Waals surface area contributed by atoms with Gasteiger partial charge in [0.05, 0.1) is 5.52 Å². The average molecular weight is 599 g/mol. The fourth-order valence-corrected chi connectivity index (χ4v) is 3.32. The van der Waals surface area contributed by atoms with Crippen LogP contribution >= 0.6 is 0 Å². The predicted octanol–water partition coefficient (Wildman–Crippen LogP) is 3.81. The first-order valence-electron chi connectivity index (χ1n) is 9.16. The van der Waals surface area contributed by atoms with Gasteiger partial charge in [-0.05, 0) is 29.0 Å². The van der Waals surface area contributed by atoms with Gasteiger partial charge >= 0.3 is 6.18 Å². The van der Waals surface area contributed by atoms with Gasteiger partial charge in [-0.15, -0.1) is 0 Å². The quantitative estimate of drug-likeness (QED) is 0.241. The predicted molar refractivity (Wildman–Crippen MR) is 115 cm³/mol. The summed E-state index contributed by atoms with van der Waals surface area (Å²) in [4.78, 5) is 24.9. The number of alkyl halides is 3. The number of Topliss-reactive ketones (excluding diaryl/α,β-unsaturated/α-hetero) is 1. The van der Waals surface area contributed by atoms with E-state index < -0.39 is 28.8 Å². The number of halogens is 3. The Bertz CT molecular complexity index is 1300. The van der Waals surface area contributed by atoms with E-state index in [1.807, 2.05) is 0 Å². The van der Waals surface area contributed by atoms with Crippen LogP contribution in [-0.2, 0) is 0 Å². The molecule has 1 heterocycles. The number of aliphatic hydroxyl groups is 2. The maximum Gasteiger partial charge on any atom is 0.455 e.